The van der Waals surface area contributed by atoms with Crippen molar-refractivity contribution < 1.29 is 13.2 Å². The molecule has 0 fully saturated rings. The van der Waals surface area contributed by atoms with E-state index >= 15 is 4.39 Å². The van der Waals surface area contributed by atoms with E-state index in [1.807, 2.05) is 18.2 Å². The fourth-order valence-corrected chi connectivity index (χ4v) is 4.63. The van der Waals surface area contributed by atoms with Gasteiger partial charge in [0, 0.05) is 5.39 Å². The standard InChI is InChI=1S/C32H33F3/c1-2-3-4-5-6-23-7-9-24(10-8-23)11-12-25-14-19-29-28(21-25)18-17-27(32(29)35)16-13-26-15-20-30(33)31(34)22-26/h7-10,14-15,17-22H,2-6,11-13,16H2,1H3. The lowest BCUT2D eigenvalue weighted by Crippen LogP contribution is -1.98. The second-order valence-electron chi connectivity index (χ2n) is 9.47. The Labute approximate surface area is 206 Å². The van der Waals surface area contributed by atoms with Crippen LogP contribution in [0.3, 0.4) is 0 Å². The van der Waals surface area contributed by atoms with Gasteiger partial charge in [0.2, 0.25) is 0 Å². The molecule has 4 aromatic rings. The zero-order valence-electron chi connectivity index (χ0n) is 20.4. The Morgan fingerprint density at radius 2 is 1.14 bits per heavy atom. The van der Waals surface area contributed by atoms with Crippen LogP contribution in [-0.4, -0.2) is 0 Å². The minimum Gasteiger partial charge on any atom is -0.206 e. The van der Waals surface area contributed by atoms with Crippen molar-refractivity contribution in [2.75, 3.05) is 0 Å². The molecule has 0 radical (unpaired) electrons. The summed E-state index contributed by atoms with van der Waals surface area (Å²) in [6.07, 6.45) is 9.04. The molecule has 4 aromatic carbocycles. The molecule has 0 saturated carbocycles. The molecule has 35 heavy (non-hydrogen) atoms. The topological polar surface area (TPSA) is 0 Å². The smallest absolute Gasteiger partial charge is 0.159 e. The van der Waals surface area contributed by atoms with Crippen molar-refractivity contribution in [2.45, 2.75) is 64.7 Å². The minimum absolute atomic E-state index is 0.230. The van der Waals surface area contributed by atoms with E-state index < -0.39 is 11.6 Å². The van der Waals surface area contributed by atoms with E-state index in [1.165, 1.54) is 48.4 Å². The Hall–Kier alpha value is -3.07. The van der Waals surface area contributed by atoms with Gasteiger partial charge in [-0.25, -0.2) is 13.2 Å². The molecule has 0 aliphatic heterocycles. The van der Waals surface area contributed by atoms with E-state index in [-0.39, 0.29) is 5.82 Å². The summed E-state index contributed by atoms with van der Waals surface area (Å²) in [7, 11) is 0. The van der Waals surface area contributed by atoms with Gasteiger partial charge in [-0.15, -0.1) is 0 Å². The van der Waals surface area contributed by atoms with Gasteiger partial charge in [-0.05, 0) is 83.9 Å². The molecule has 0 N–H and O–H groups in total. The highest BCUT2D eigenvalue weighted by atomic mass is 19.2. The molecule has 0 amide bonds. The average molecular weight is 475 g/mol. The first-order valence-corrected chi connectivity index (χ1v) is 12.7. The van der Waals surface area contributed by atoms with E-state index in [0.717, 1.165) is 30.7 Å². The molecule has 0 aliphatic rings. The molecule has 3 heteroatoms. The highest BCUT2D eigenvalue weighted by Gasteiger charge is 2.10. The maximum absolute atomic E-state index is 15.1. The highest BCUT2D eigenvalue weighted by molar-refractivity contribution is 5.84. The van der Waals surface area contributed by atoms with E-state index in [1.54, 1.807) is 12.1 Å². The number of aryl methyl sites for hydroxylation is 5. The van der Waals surface area contributed by atoms with Gasteiger partial charge in [0.1, 0.15) is 5.82 Å². The number of benzene rings is 4. The SMILES string of the molecule is CCCCCCc1ccc(CCc2ccc3c(F)c(CCc4ccc(F)c(F)c4)ccc3c2)cc1. The molecule has 0 aromatic heterocycles. The van der Waals surface area contributed by atoms with Gasteiger partial charge < -0.3 is 0 Å². The summed E-state index contributed by atoms with van der Waals surface area (Å²) in [5.74, 6) is -1.96. The van der Waals surface area contributed by atoms with Gasteiger partial charge in [-0.3, -0.25) is 0 Å². The second kappa shape index (κ2) is 12.1. The highest BCUT2D eigenvalue weighted by Crippen LogP contribution is 2.25. The zero-order valence-corrected chi connectivity index (χ0v) is 20.4. The summed E-state index contributed by atoms with van der Waals surface area (Å²) < 4.78 is 41.7. The summed E-state index contributed by atoms with van der Waals surface area (Å²) in [4.78, 5) is 0. The van der Waals surface area contributed by atoms with Crippen molar-refractivity contribution in [2.24, 2.45) is 0 Å². The number of rotatable bonds is 11. The number of hydrogen-bond acceptors (Lipinski definition) is 0. The van der Waals surface area contributed by atoms with Gasteiger partial charge in [0.15, 0.2) is 11.6 Å². The number of halogens is 3. The first kappa shape index (κ1) is 25.0. The van der Waals surface area contributed by atoms with Gasteiger partial charge >= 0.3 is 0 Å². The van der Waals surface area contributed by atoms with Crippen molar-refractivity contribution in [3.8, 4) is 0 Å². The van der Waals surface area contributed by atoms with Crippen LogP contribution in [0.5, 0.6) is 0 Å². The monoisotopic (exact) mass is 474 g/mol. The Bertz CT molecular complexity index is 1260. The number of hydrogen-bond donors (Lipinski definition) is 0. The quantitative estimate of drug-likeness (QED) is 0.190. The van der Waals surface area contributed by atoms with Gasteiger partial charge in [-0.2, -0.15) is 0 Å². The lowest BCUT2D eigenvalue weighted by molar-refractivity contribution is 0.507. The summed E-state index contributed by atoms with van der Waals surface area (Å²) >= 11 is 0. The number of unbranched alkanes of at least 4 members (excludes halogenated alkanes) is 3. The summed E-state index contributed by atoms with van der Waals surface area (Å²) in [5.41, 5.74) is 5.16. The fraction of sp³-hybridized carbons (Fsp3) is 0.312. The summed E-state index contributed by atoms with van der Waals surface area (Å²) in [6.45, 7) is 2.24. The van der Waals surface area contributed by atoms with Gasteiger partial charge in [0.05, 0.1) is 0 Å². The summed E-state index contributed by atoms with van der Waals surface area (Å²) in [5, 5.41) is 1.49. The Morgan fingerprint density at radius 1 is 0.514 bits per heavy atom. The first-order chi connectivity index (χ1) is 17.0. The maximum atomic E-state index is 15.1. The normalized spacial score (nSPS) is 11.3. The average Bonchev–Trinajstić information content (AvgIpc) is 2.87. The van der Waals surface area contributed by atoms with Gasteiger partial charge in [-0.1, -0.05) is 86.8 Å². The maximum Gasteiger partial charge on any atom is 0.159 e. The lowest BCUT2D eigenvalue weighted by Gasteiger charge is -2.10. The van der Waals surface area contributed by atoms with Crippen molar-refractivity contribution in [1.29, 1.82) is 0 Å². The second-order valence-corrected chi connectivity index (χ2v) is 9.47. The Kier molecular flexibility index (Phi) is 8.63. The third-order valence-corrected chi connectivity index (χ3v) is 6.81. The molecule has 0 bridgehead atoms. The van der Waals surface area contributed by atoms with Crippen LogP contribution >= 0.6 is 0 Å². The largest absolute Gasteiger partial charge is 0.206 e. The molecule has 0 atom stereocenters. The molecule has 0 unspecified atom stereocenters. The molecule has 0 spiro atoms. The van der Waals surface area contributed by atoms with E-state index in [4.69, 9.17) is 0 Å². The van der Waals surface area contributed by atoms with Crippen LogP contribution in [0.2, 0.25) is 0 Å². The molecule has 182 valence electrons. The van der Waals surface area contributed by atoms with Crippen LogP contribution in [0.4, 0.5) is 13.2 Å². The third-order valence-electron chi connectivity index (χ3n) is 6.81. The molecular formula is C32H33F3. The predicted molar refractivity (Wildman–Crippen MR) is 139 cm³/mol. The number of fused-ring (bicyclic) bond motifs is 1. The fourth-order valence-electron chi connectivity index (χ4n) is 4.63. The lowest BCUT2D eigenvalue weighted by atomic mass is 9.97. The molecular weight excluding hydrogens is 441 g/mol. The van der Waals surface area contributed by atoms with Crippen LogP contribution in [0.15, 0.2) is 72.8 Å². The third kappa shape index (κ3) is 6.75. The summed E-state index contributed by atoms with van der Waals surface area (Å²) in [6, 6.07) is 22.5. The van der Waals surface area contributed by atoms with E-state index in [9.17, 15) is 8.78 Å². The Morgan fingerprint density at radius 3 is 1.89 bits per heavy atom. The zero-order chi connectivity index (χ0) is 24.6. The molecule has 0 nitrogen and oxygen atoms in total. The van der Waals surface area contributed by atoms with Crippen molar-refractivity contribution in [3.63, 3.8) is 0 Å². The molecule has 0 heterocycles. The van der Waals surface area contributed by atoms with Crippen LogP contribution in [0.25, 0.3) is 10.8 Å². The van der Waals surface area contributed by atoms with Crippen LogP contribution in [0, 0.1) is 17.5 Å². The minimum atomic E-state index is -0.868. The van der Waals surface area contributed by atoms with E-state index in [0.29, 0.717) is 29.4 Å². The molecule has 0 aliphatic carbocycles. The van der Waals surface area contributed by atoms with Crippen LogP contribution in [0.1, 0.15) is 60.4 Å². The van der Waals surface area contributed by atoms with Crippen molar-refractivity contribution in [3.05, 3.63) is 118 Å². The van der Waals surface area contributed by atoms with Crippen molar-refractivity contribution >= 4 is 10.8 Å². The first-order valence-electron chi connectivity index (χ1n) is 12.7. The predicted octanol–water partition coefficient (Wildman–Crippen LogP) is 8.95. The van der Waals surface area contributed by atoms with Crippen molar-refractivity contribution in [1.82, 2.24) is 0 Å². The molecule has 4 rings (SSSR count). The molecule has 0 saturated heterocycles. The van der Waals surface area contributed by atoms with E-state index in [2.05, 4.69) is 37.3 Å². The van der Waals surface area contributed by atoms with Crippen LogP contribution in [-0.2, 0) is 32.1 Å². The van der Waals surface area contributed by atoms with Crippen LogP contribution < -0.4 is 0 Å². The van der Waals surface area contributed by atoms with Gasteiger partial charge in [0.25, 0.3) is 0 Å². The Balaban J connectivity index is 1.35.